The van der Waals surface area contributed by atoms with Gasteiger partial charge in [0.2, 0.25) is 5.43 Å². The van der Waals surface area contributed by atoms with Gasteiger partial charge in [0.25, 0.3) is 0 Å². The molecule has 0 bridgehead atoms. The number of phenols is 1. The third-order valence-corrected chi connectivity index (χ3v) is 4.23. The van der Waals surface area contributed by atoms with E-state index in [9.17, 15) is 30.0 Å². The molecule has 3 rings (SSSR count). The summed E-state index contributed by atoms with van der Waals surface area (Å²) in [7, 11) is 1.10. The molecule has 1 heterocycles. The lowest BCUT2D eigenvalue weighted by Crippen LogP contribution is -2.44. The summed E-state index contributed by atoms with van der Waals surface area (Å²) in [5, 5.41) is 39.1. The SMILES string of the molecule is COC(=O)C1c2c(oc3cc(CO)cc(O)c3c2=O)CC(O)C1O. The topological polar surface area (TPSA) is 137 Å². The molecule has 3 unspecified atom stereocenters. The van der Waals surface area contributed by atoms with Crippen molar-refractivity contribution in [3.8, 4) is 5.75 Å². The van der Waals surface area contributed by atoms with E-state index in [1.807, 2.05) is 0 Å². The maximum atomic E-state index is 12.8. The monoisotopic (exact) mass is 336 g/mol. The zero-order valence-corrected chi connectivity index (χ0v) is 12.7. The van der Waals surface area contributed by atoms with Crippen LogP contribution in [-0.2, 0) is 22.6 Å². The number of rotatable bonds is 2. The van der Waals surface area contributed by atoms with Crippen LogP contribution in [-0.4, -0.2) is 45.7 Å². The number of phenolic OH excluding ortho intramolecular Hbond substituents is 1. The van der Waals surface area contributed by atoms with Crippen molar-refractivity contribution in [2.75, 3.05) is 7.11 Å². The van der Waals surface area contributed by atoms with Gasteiger partial charge in [0.05, 0.1) is 31.5 Å². The summed E-state index contributed by atoms with van der Waals surface area (Å²) in [4.78, 5) is 24.8. The van der Waals surface area contributed by atoms with E-state index in [0.29, 0.717) is 5.56 Å². The summed E-state index contributed by atoms with van der Waals surface area (Å²) < 4.78 is 10.2. The van der Waals surface area contributed by atoms with Crippen LogP contribution in [0, 0.1) is 0 Å². The molecule has 8 heteroatoms. The average Bonchev–Trinajstić information content (AvgIpc) is 2.55. The van der Waals surface area contributed by atoms with Crippen LogP contribution < -0.4 is 5.43 Å². The maximum absolute atomic E-state index is 12.8. The van der Waals surface area contributed by atoms with E-state index in [4.69, 9.17) is 4.42 Å². The highest BCUT2D eigenvalue weighted by molar-refractivity contribution is 5.87. The summed E-state index contributed by atoms with van der Waals surface area (Å²) in [6.45, 7) is -0.365. The van der Waals surface area contributed by atoms with E-state index in [-0.39, 0.29) is 35.3 Å². The highest BCUT2D eigenvalue weighted by Gasteiger charge is 2.43. The molecule has 0 amide bonds. The van der Waals surface area contributed by atoms with Crippen LogP contribution in [0.25, 0.3) is 11.0 Å². The van der Waals surface area contributed by atoms with Gasteiger partial charge in [-0.2, -0.15) is 0 Å². The zero-order valence-electron chi connectivity index (χ0n) is 12.7. The Morgan fingerprint density at radius 3 is 2.71 bits per heavy atom. The van der Waals surface area contributed by atoms with Crippen LogP contribution >= 0.6 is 0 Å². The molecule has 1 aromatic heterocycles. The normalized spacial score (nSPS) is 23.1. The molecule has 0 aliphatic heterocycles. The van der Waals surface area contributed by atoms with Crippen molar-refractivity contribution >= 4 is 16.9 Å². The van der Waals surface area contributed by atoms with E-state index >= 15 is 0 Å². The second kappa shape index (κ2) is 5.90. The number of aliphatic hydroxyl groups excluding tert-OH is 3. The Labute approximate surface area is 135 Å². The molecular formula is C16H16O8. The molecule has 0 fully saturated rings. The summed E-state index contributed by atoms with van der Waals surface area (Å²) in [6, 6.07) is 2.61. The quantitative estimate of drug-likeness (QED) is 0.540. The summed E-state index contributed by atoms with van der Waals surface area (Å²) in [5.41, 5.74) is -0.465. The number of carbonyl (C=O) groups excluding carboxylic acids is 1. The molecule has 2 aromatic rings. The number of hydrogen-bond acceptors (Lipinski definition) is 8. The first-order valence-electron chi connectivity index (χ1n) is 7.25. The number of aromatic hydroxyl groups is 1. The summed E-state index contributed by atoms with van der Waals surface area (Å²) in [6.07, 6.45) is -3.00. The first-order chi connectivity index (χ1) is 11.4. The van der Waals surface area contributed by atoms with Crippen LogP contribution in [0.2, 0.25) is 0 Å². The van der Waals surface area contributed by atoms with Crippen molar-refractivity contribution < 1.29 is 34.4 Å². The number of ether oxygens (including phenoxy) is 1. The van der Waals surface area contributed by atoms with Crippen molar-refractivity contribution in [3.05, 3.63) is 39.2 Å². The van der Waals surface area contributed by atoms with Gasteiger partial charge in [-0.15, -0.1) is 0 Å². The molecule has 1 aliphatic carbocycles. The minimum atomic E-state index is -1.52. The molecule has 0 spiro atoms. The van der Waals surface area contributed by atoms with Crippen molar-refractivity contribution in [1.82, 2.24) is 0 Å². The molecular weight excluding hydrogens is 320 g/mol. The van der Waals surface area contributed by atoms with Crippen molar-refractivity contribution in [2.45, 2.75) is 31.2 Å². The zero-order chi connectivity index (χ0) is 17.6. The molecule has 0 saturated heterocycles. The molecule has 3 atom stereocenters. The minimum absolute atomic E-state index is 0.0232. The van der Waals surface area contributed by atoms with Gasteiger partial charge in [0.15, 0.2) is 0 Å². The van der Waals surface area contributed by atoms with E-state index < -0.39 is 35.3 Å². The highest BCUT2D eigenvalue weighted by Crippen LogP contribution is 2.35. The fraction of sp³-hybridized carbons (Fsp3) is 0.375. The largest absolute Gasteiger partial charge is 0.507 e. The first-order valence-corrected chi connectivity index (χ1v) is 7.25. The number of carbonyl (C=O) groups is 1. The molecule has 0 saturated carbocycles. The Kier molecular flexibility index (Phi) is 4.04. The number of aliphatic hydroxyl groups is 3. The summed E-state index contributed by atoms with van der Waals surface area (Å²) >= 11 is 0. The standard InChI is InChI=1S/C16H16O8/c1-23-16(22)13-12-10(4-8(19)14(13)20)24-9-3-6(5-17)2-7(18)11(9)15(12)21/h2-3,8,13-14,17-20H,4-5H2,1H3. The third-order valence-electron chi connectivity index (χ3n) is 4.23. The fourth-order valence-corrected chi connectivity index (χ4v) is 3.06. The molecule has 0 radical (unpaired) electrons. The van der Waals surface area contributed by atoms with E-state index in [1.54, 1.807) is 0 Å². The number of benzene rings is 1. The van der Waals surface area contributed by atoms with Crippen molar-refractivity contribution in [1.29, 1.82) is 0 Å². The van der Waals surface area contributed by atoms with Crippen LogP contribution in [0.3, 0.4) is 0 Å². The van der Waals surface area contributed by atoms with E-state index in [1.165, 1.54) is 12.1 Å². The Morgan fingerprint density at radius 2 is 2.08 bits per heavy atom. The smallest absolute Gasteiger partial charge is 0.316 e. The molecule has 4 N–H and O–H groups in total. The first kappa shape index (κ1) is 16.4. The lowest BCUT2D eigenvalue weighted by molar-refractivity contribution is -0.148. The number of fused-ring (bicyclic) bond motifs is 2. The van der Waals surface area contributed by atoms with Crippen molar-refractivity contribution in [2.24, 2.45) is 0 Å². The van der Waals surface area contributed by atoms with Gasteiger partial charge in [0, 0.05) is 6.42 Å². The van der Waals surface area contributed by atoms with Crippen LogP contribution in [0.15, 0.2) is 21.3 Å². The Balaban J connectivity index is 2.35. The molecule has 1 aliphatic rings. The van der Waals surface area contributed by atoms with Gasteiger partial charge in [0.1, 0.15) is 28.4 Å². The Morgan fingerprint density at radius 1 is 1.38 bits per heavy atom. The number of hydrogen-bond donors (Lipinski definition) is 4. The Hall–Kier alpha value is -2.42. The van der Waals surface area contributed by atoms with E-state index in [2.05, 4.69) is 4.74 Å². The predicted octanol–water partition coefficient (Wildman–Crippen LogP) is -0.475. The lowest BCUT2D eigenvalue weighted by atomic mass is 9.81. The fourth-order valence-electron chi connectivity index (χ4n) is 3.06. The summed E-state index contributed by atoms with van der Waals surface area (Å²) in [5.74, 6) is -2.67. The van der Waals surface area contributed by atoms with Gasteiger partial charge < -0.3 is 29.6 Å². The average molecular weight is 336 g/mol. The molecule has 8 nitrogen and oxygen atoms in total. The maximum Gasteiger partial charge on any atom is 0.316 e. The van der Waals surface area contributed by atoms with E-state index in [0.717, 1.165) is 7.11 Å². The lowest BCUT2D eigenvalue weighted by Gasteiger charge is -2.30. The second-order valence-corrected chi connectivity index (χ2v) is 5.68. The van der Waals surface area contributed by atoms with Gasteiger partial charge in [-0.25, -0.2) is 0 Å². The van der Waals surface area contributed by atoms with Crippen molar-refractivity contribution in [3.63, 3.8) is 0 Å². The minimum Gasteiger partial charge on any atom is -0.507 e. The van der Waals surface area contributed by atoms with Gasteiger partial charge in [-0.1, -0.05) is 0 Å². The van der Waals surface area contributed by atoms with Gasteiger partial charge in [-0.3, -0.25) is 9.59 Å². The van der Waals surface area contributed by atoms with Gasteiger partial charge >= 0.3 is 5.97 Å². The number of esters is 1. The number of methoxy groups -OCH3 is 1. The Bertz CT molecular complexity index is 868. The molecule has 24 heavy (non-hydrogen) atoms. The van der Waals surface area contributed by atoms with Gasteiger partial charge in [-0.05, 0) is 17.7 Å². The van der Waals surface area contributed by atoms with Crippen LogP contribution in [0.4, 0.5) is 0 Å². The second-order valence-electron chi connectivity index (χ2n) is 5.68. The molecule has 128 valence electrons. The predicted molar refractivity (Wildman–Crippen MR) is 80.5 cm³/mol. The van der Waals surface area contributed by atoms with Crippen LogP contribution in [0.5, 0.6) is 5.75 Å². The molecule has 1 aromatic carbocycles. The third kappa shape index (κ3) is 2.35. The highest BCUT2D eigenvalue weighted by atomic mass is 16.5. The van der Waals surface area contributed by atoms with Crippen LogP contribution in [0.1, 0.15) is 22.8 Å².